The zero-order chi connectivity index (χ0) is 9.26. The number of allylic oxidation sites excluding steroid dienone is 4. The van der Waals surface area contributed by atoms with E-state index in [1.807, 2.05) is 0 Å². The monoisotopic (exact) mass is 174 g/mol. The molecular weight excluding hydrogens is 156 g/mol. The molecule has 0 aromatic rings. The van der Waals surface area contributed by atoms with E-state index < -0.39 is 0 Å². The van der Waals surface area contributed by atoms with Gasteiger partial charge in [0, 0.05) is 0 Å². The fourth-order valence-corrected chi connectivity index (χ4v) is 2.52. The Bertz CT molecular complexity index is 262. The molecule has 0 unspecified atom stereocenters. The fourth-order valence-electron chi connectivity index (χ4n) is 2.52. The maximum absolute atomic E-state index is 4.10. The van der Waals surface area contributed by atoms with Crippen LogP contribution in [0.4, 0.5) is 0 Å². The van der Waals surface area contributed by atoms with E-state index in [4.69, 9.17) is 0 Å². The van der Waals surface area contributed by atoms with Crippen LogP contribution in [-0.2, 0) is 0 Å². The van der Waals surface area contributed by atoms with Gasteiger partial charge in [-0.25, -0.2) is 0 Å². The van der Waals surface area contributed by atoms with Gasteiger partial charge in [-0.3, -0.25) is 0 Å². The summed E-state index contributed by atoms with van der Waals surface area (Å²) in [4.78, 5) is 0. The molecule has 0 N–H and O–H groups in total. The molecule has 0 spiro atoms. The Labute approximate surface area is 81.0 Å². The molecule has 2 rings (SSSR count). The molecular formula is C13H18. The van der Waals surface area contributed by atoms with E-state index in [2.05, 4.69) is 19.2 Å². The summed E-state index contributed by atoms with van der Waals surface area (Å²) in [5.74, 6) is 0.939. The third-order valence-corrected chi connectivity index (χ3v) is 3.26. The first-order chi connectivity index (χ1) is 6.25. The number of hydrogen-bond acceptors (Lipinski definition) is 0. The molecule has 70 valence electrons. The smallest absolute Gasteiger partial charge is 0.00347 e. The lowest BCUT2D eigenvalue weighted by atomic mass is 9.96. The van der Waals surface area contributed by atoms with Gasteiger partial charge in [-0.05, 0) is 29.9 Å². The number of rotatable bonds is 2. The largest absolute Gasteiger partial charge is 0.0955 e. The standard InChI is InChI=1S/C13H18/c1-10-7-11(2)13(8-10)9-12-5-3-4-6-12/h8,12H,1-7,9H2. The van der Waals surface area contributed by atoms with Gasteiger partial charge in [0.15, 0.2) is 0 Å². The van der Waals surface area contributed by atoms with E-state index in [0.717, 1.165) is 12.3 Å². The van der Waals surface area contributed by atoms with Gasteiger partial charge in [0.25, 0.3) is 0 Å². The van der Waals surface area contributed by atoms with Crippen molar-refractivity contribution in [1.82, 2.24) is 0 Å². The maximum atomic E-state index is 4.10. The quantitative estimate of drug-likeness (QED) is 0.593. The highest BCUT2D eigenvalue weighted by atomic mass is 14.2. The normalized spacial score (nSPS) is 24.2. The third kappa shape index (κ3) is 1.93. The molecule has 0 amide bonds. The van der Waals surface area contributed by atoms with Crippen LogP contribution in [0.15, 0.2) is 36.0 Å². The van der Waals surface area contributed by atoms with E-state index in [1.165, 1.54) is 48.8 Å². The predicted octanol–water partition coefficient (Wildman–Crippen LogP) is 4.01. The van der Waals surface area contributed by atoms with Crippen molar-refractivity contribution in [2.24, 2.45) is 5.92 Å². The van der Waals surface area contributed by atoms with Crippen molar-refractivity contribution in [3.05, 3.63) is 36.0 Å². The second-order valence-corrected chi connectivity index (χ2v) is 4.46. The zero-order valence-electron chi connectivity index (χ0n) is 8.31. The first-order valence-electron chi connectivity index (χ1n) is 5.32. The average Bonchev–Trinajstić information content (AvgIpc) is 2.63. The molecule has 0 atom stereocenters. The van der Waals surface area contributed by atoms with Gasteiger partial charge in [-0.2, -0.15) is 0 Å². The summed E-state index contributed by atoms with van der Waals surface area (Å²) in [6.45, 7) is 8.09. The van der Waals surface area contributed by atoms with Crippen LogP contribution < -0.4 is 0 Å². The maximum Gasteiger partial charge on any atom is -0.00347 e. The first-order valence-corrected chi connectivity index (χ1v) is 5.32. The van der Waals surface area contributed by atoms with Crippen LogP contribution in [0.3, 0.4) is 0 Å². The average molecular weight is 174 g/mol. The van der Waals surface area contributed by atoms with Gasteiger partial charge in [-0.15, -0.1) is 0 Å². The molecule has 0 bridgehead atoms. The van der Waals surface area contributed by atoms with Gasteiger partial charge in [0.2, 0.25) is 0 Å². The lowest BCUT2D eigenvalue weighted by Gasteiger charge is -2.10. The molecule has 0 aromatic heterocycles. The molecule has 0 nitrogen and oxygen atoms in total. The summed E-state index contributed by atoms with van der Waals surface area (Å²) in [6.07, 6.45) is 10.3. The Morgan fingerprint density at radius 1 is 1.23 bits per heavy atom. The highest BCUT2D eigenvalue weighted by Gasteiger charge is 2.20. The summed E-state index contributed by atoms with van der Waals surface area (Å²) in [6, 6.07) is 0. The lowest BCUT2D eigenvalue weighted by Crippen LogP contribution is -1.95. The summed E-state index contributed by atoms with van der Waals surface area (Å²) in [5, 5.41) is 0. The van der Waals surface area contributed by atoms with Crippen molar-refractivity contribution in [2.45, 2.75) is 38.5 Å². The summed E-state index contributed by atoms with van der Waals surface area (Å²) < 4.78 is 0. The highest BCUT2D eigenvalue weighted by Crippen LogP contribution is 2.36. The molecule has 1 fully saturated rings. The van der Waals surface area contributed by atoms with Crippen LogP contribution in [0, 0.1) is 5.92 Å². The first kappa shape index (κ1) is 8.80. The van der Waals surface area contributed by atoms with Gasteiger partial charge < -0.3 is 0 Å². The summed E-state index contributed by atoms with van der Waals surface area (Å²) >= 11 is 0. The molecule has 0 heteroatoms. The minimum atomic E-state index is 0.939. The van der Waals surface area contributed by atoms with E-state index in [0.29, 0.717) is 0 Å². The molecule has 0 aromatic carbocycles. The molecule has 0 aliphatic heterocycles. The summed E-state index contributed by atoms with van der Waals surface area (Å²) in [7, 11) is 0. The topological polar surface area (TPSA) is 0 Å². The highest BCUT2D eigenvalue weighted by molar-refractivity contribution is 5.45. The Hall–Kier alpha value is -0.780. The van der Waals surface area contributed by atoms with Gasteiger partial charge in [-0.1, -0.05) is 50.5 Å². The van der Waals surface area contributed by atoms with Crippen LogP contribution >= 0.6 is 0 Å². The molecule has 13 heavy (non-hydrogen) atoms. The minimum absolute atomic E-state index is 0.939. The second-order valence-electron chi connectivity index (χ2n) is 4.46. The minimum Gasteiger partial charge on any atom is -0.0955 e. The van der Waals surface area contributed by atoms with Crippen LogP contribution in [0.2, 0.25) is 0 Å². The predicted molar refractivity (Wildman–Crippen MR) is 57.6 cm³/mol. The van der Waals surface area contributed by atoms with Crippen LogP contribution in [0.5, 0.6) is 0 Å². The van der Waals surface area contributed by atoms with Crippen LogP contribution in [-0.4, -0.2) is 0 Å². The molecule has 1 saturated carbocycles. The molecule has 2 aliphatic carbocycles. The zero-order valence-corrected chi connectivity index (χ0v) is 8.31. The van der Waals surface area contributed by atoms with Gasteiger partial charge in [0.1, 0.15) is 0 Å². The number of hydrogen-bond donors (Lipinski definition) is 0. The second kappa shape index (κ2) is 3.53. The Morgan fingerprint density at radius 3 is 2.46 bits per heavy atom. The van der Waals surface area contributed by atoms with E-state index in [-0.39, 0.29) is 0 Å². The van der Waals surface area contributed by atoms with Crippen molar-refractivity contribution < 1.29 is 0 Å². The third-order valence-electron chi connectivity index (χ3n) is 3.26. The van der Waals surface area contributed by atoms with Crippen molar-refractivity contribution >= 4 is 0 Å². The van der Waals surface area contributed by atoms with Gasteiger partial charge in [0.05, 0.1) is 0 Å². The molecule has 0 saturated heterocycles. The lowest BCUT2D eigenvalue weighted by molar-refractivity contribution is 0.547. The molecule has 2 aliphatic rings. The van der Waals surface area contributed by atoms with Crippen molar-refractivity contribution in [3.63, 3.8) is 0 Å². The Balaban J connectivity index is 1.97. The molecule has 0 heterocycles. The van der Waals surface area contributed by atoms with Crippen molar-refractivity contribution in [1.29, 1.82) is 0 Å². The van der Waals surface area contributed by atoms with E-state index >= 15 is 0 Å². The van der Waals surface area contributed by atoms with E-state index in [1.54, 1.807) is 0 Å². The van der Waals surface area contributed by atoms with Crippen molar-refractivity contribution in [2.75, 3.05) is 0 Å². The Kier molecular flexibility index (Phi) is 2.39. The summed E-state index contributed by atoms with van der Waals surface area (Å²) in [5.41, 5.74) is 4.05. The van der Waals surface area contributed by atoms with Crippen LogP contribution in [0.1, 0.15) is 38.5 Å². The van der Waals surface area contributed by atoms with Gasteiger partial charge >= 0.3 is 0 Å². The van der Waals surface area contributed by atoms with Crippen molar-refractivity contribution in [3.8, 4) is 0 Å². The van der Waals surface area contributed by atoms with Crippen LogP contribution in [0.25, 0.3) is 0 Å². The fraction of sp³-hybridized carbons (Fsp3) is 0.538. The molecule has 0 radical (unpaired) electrons. The van der Waals surface area contributed by atoms with E-state index in [9.17, 15) is 0 Å². The SMILES string of the molecule is C=C1C=C(CC2CCCC2)C(=C)C1. The Morgan fingerprint density at radius 2 is 1.92 bits per heavy atom.